The van der Waals surface area contributed by atoms with E-state index in [0.717, 1.165) is 12.0 Å². The lowest BCUT2D eigenvalue weighted by Gasteiger charge is -2.29. The highest BCUT2D eigenvalue weighted by molar-refractivity contribution is 4.91. The van der Waals surface area contributed by atoms with Gasteiger partial charge in [0.1, 0.15) is 0 Å². The van der Waals surface area contributed by atoms with Gasteiger partial charge in [0.05, 0.1) is 0 Å². The van der Waals surface area contributed by atoms with Crippen molar-refractivity contribution < 1.29 is 0 Å². The Hall–Kier alpha value is -0.0800. The maximum absolute atomic E-state index is 6.01. The van der Waals surface area contributed by atoms with Crippen LogP contribution in [0.5, 0.6) is 0 Å². The summed E-state index contributed by atoms with van der Waals surface area (Å²) in [7, 11) is 0. The number of hydrogen-bond acceptors (Lipinski definition) is 2. The molecule has 0 aromatic carbocycles. The smallest absolute Gasteiger partial charge is 0.0222 e. The lowest BCUT2D eigenvalue weighted by Crippen LogP contribution is -2.41. The SMILES string of the molecule is CC(CC1CC1)N1CCC(N)C1C. The fourth-order valence-electron chi connectivity index (χ4n) is 2.58. The first-order chi connectivity index (χ1) is 6.18. The van der Waals surface area contributed by atoms with Crippen LogP contribution in [0.15, 0.2) is 0 Å². The van der Waals surface area contributed by atoms with Crippen LogP contribution in [0.3, 0.4) is 0 Å². The Bertz CT molecular complexity index is 177. The normalized spacial score (nSPS) is 38.1. The van der Waals surface area contributed by atoms with Crippen LogP contribution in [-0.4, -0.2) is 29.6 Å². The Kier molecular flexibility index (Phi) is 2.61. The van der Waals surface area contributed by atoms with Crippen molar-refractivity contribution in [1.29, 1.82) is 0 Å². The van der Waals surface area contributed by atoms with Gasteiger partial charge in [0.25, 0.3) is 0 Å². The van der Waals surface area contributed by atoms with Gasteiger partial charge in [0.15, 0.2) is 0 Å². The Morgan fingerprint density at radius 3 is 2.54 bits per heavy atom. The number of nitrogens with zero attached hydrogens (tertiary/aromatic N) is 1. The van der Waals surface area contributed by atoms with Crippen LogP contribution in [-0.2, 0) is 0 Å². The van der Waals surface area contributed by atoms with Gasteiger partial charge in [-0.25, -0.2) is 0 Å². The summed E-state index contributed by atoms with van der Waals surface area (Å²) in [6.07, 6.45) is 5.53. The highest BCUT2D eigenvalue weighted by atomic mass is 15.2. The zero-order valence-electron chi connectivity index (χ0n) is 8.87. The molecule has 2 nitrogen and oxygen atoms in total. The zero-order chi connectivity index (χ0) is 9.42. The van der Waals surface area contributed by atoms with Crippen molar-refractivity contribution in [3.05, 3.63) is 0 Å². The lowest BCUT2D eigenvalue weighted by atomic mass is 10.1. The molecule has 1 saturated heterocycles. The van der Waals surface area contributed by atoms with Crippen molar-refractivity contribution in [2.24, 2.45) is 11.7 Å². The summed E-state index contributed by atoms with van der Waals surface area (Å²) in [4.78, 5) is 2.60. The van der Waals surface area contributed by atoms with Gasteiger partial charge in [-0.2, -0.15) is 0 Å². The third-order valence-electron chi connectivity index (χ3n) is 3.80. The number of nitrogens with two attached hydrogens (primary N) is 1. The first-order valence-corrected chi connectivity index (χ1v) is 5.70. The first kappa shape index (κ1) is 9.47. The predicted octanol–water partition coefficient (Wildman–Crippen LogP) is 1.60. The number of hydrogen-bond donors (Lipinski definition) is 1. The monoisotopic (exact) mass is 182 g/mol. The number of likely N-dealkylation sites (tertiary alicyclic amines) is 1. The molecular weight excluding hydrogens is 160 g/mol. The Labute approximate surface area is 81.5 Å². The maximum atomic E-state index is 6.01. The van der Waals surface area contributed by atoms with E-state index in [0.29, 0.717) is 12.1 Å². The van der Waals surface area contributed by atoms with Crippen molar-refractivity contribution in [1.82, 2.24) is 4.90 Å². The average Bonchev–Trinajstić information content (AvgIpc) is 2.82. The molecule has 0 spiro atoms. The third kappa shape index (κ3) is 2.05. The Morgan fingerprint density at radius 2 is 2.08 bits per heavy atom. The zero-order valence-corrected chi connectivity index (χ0v) is 8.87. The van der Waals surface area contributed by atoms with Crippen LogP contribution in [0.2, 0.25) is 0 Å². The van der Waals surface area contributed by atoms with E-state index in [-0.39, 0.29) is 0 Å². The highest BCUT2D eigenvalue weighted by Crippen LogP contribution is 2.35. The number of rotatable bonds is 3. The van der Waals surface area contributed by atoms with E-state index < -0.39 is 0 Å². The molecule has 13 heavy (non-hydrogen) atoms. The van der Waals surface area contributed by atoms with Crippen LogP contribution in [0.4, 0.5) is 0 Å². The quantitative estimate of drug-likeness (QED) is 0.718. The molecule has 0 aromatic rings. The lowest BCUT2D eigenvalue weighted by molar-refractivity contribution is 0.182. The molecule has 2 aliphatic rings. The molecule has 1 saturated carbocycles. The second-order valence-corrected chi connectivity index (χ2v) is 4.96. The molecule has 1 aliphatic carbocycles. The fraction of sp³-hybridized carbons (Fsp3) is 1.00. The molecular formula is C11H22N2. The van der Waals surface area contributed by atoms with Gasteiger partial charge in [0.2, 0.25) is 0 Å². The van der Waals surface area contributed by atoms with Crippen molar-refractivity contribution >= 4 is 0 Å². The van der Waals surface area contributed by atoms with E-state index in [1.807, 2.05) is 0 Å². The van der Waals surface area contributed by atoms with E-state index in [4.69, 9.17) is 5.73 Å². The van der Waals surface area contributed by atoms with E-state index in [9.17, 15) is 0 Å². The second kappa shape index (κ2) is 3.58. The van der Waals surface area contributed by atoms with Crippen molar-refractivity contribution in [2.45, 2.75) is 57.7 Å². The van der Waals surface area contributed by atoms with Crippen LogP contribution in [0, 0.1) is 5.92 Å². The molecule has 1 aliphatic heterocycles. The molecule has 0 radical (unpaired) electrons. The van der Waals surface area contributed by atoms with Crippen LogP contribution < -0.4 is 5.73 Å². The molecule has 2 fully saturated rings. The third-order valence-corrected chi connectivity index (χ3v) is 3.80. The van der Waals surface area contributed by atoms with Gasteiger partial charge in [-0.05, 0) is 32.6 Å². The predicted molar refractivity (Wildman–Crippen MR) is 55.6 cm³/mol. The van der Waals surface area contributed by atoms with Crippen LogP contribution in [0.1, 0.15) is 39.5 Å². The highest BCUT2D eigenvalue weighted by Gasteiger charge is 2.33. The molecule has 2 heteroatoms. The summed E-state index contributed by atoms with van der Waals surface area (Å²) in [5.41, 5.74) is 6.01. The summed E-state index contributed by atoms with van der Waals surface area (Å²) < 4.78 is 0. The minimum absolute atomic E-state index is 0.418. The molecule has 0 bridgehead atoms. The minimum Gasteiger partial charge on any atom is -0.326 e. The molecule has 3 atom stereocenters. The summed E-state index contributed by atoms with van der Waals surface area (Å²) in [5, 5.41) is 0. The molecule has 3 unspecified atom stereocenters. The van der Waals surface area contributed by atoms with Gasteiger partial charge in [0, 0.05) is 24.7 Å². The topological polar surface area (TPSA) is 29.3 Å². The van der Waals surface area contributed by atoms with E-state index >= 15 is 0 Å². The molecule has 0 aromatic heterocycles. The van der Waals surface area contributed by atoms with Crippen LogP contribution >= 0.6 is 0 Å². The summed E-state index contributed by atoms with van der Waals surface area (Å²) in [5.74, 6) is 1.04. The Morgan fingerprint density at radius 1 is 1.38 bits per heavy atom. The van der Waals surface area contributed by atoms with E-state index in [1.54, 1.807) is 0 Å². The van der Waals surface area contributed by atoms with E-state index in [1.165, 1.54) is 32.2 Å². The first-order valence-electron chi connectivity index (χ1n) is 5.70. The van der Waals surface area contributed by atoms with Gasteiger partial charge in [-0.3, -0.25) is 4.90 Å². The standard InChI is InChI=1S/C11H22N2/c1-8(7-10-3-4-10)13-6-5-11(12)9(13)2/h8-11H,3-7,12H2,1-2H3. The summed E-state index contributed by atoms with van der Waals surface area (Å²) in [6.45, 7) is 5.87. The summed E-state index contributed by atoms with van der Waals surface area (Å²) in [6, 6.07) is 1.78. The molecule has 0 amide bonds. The maximum Gasteiger partial charge on any atom is 0.0222 e. The van der Waals surface area contributed by atoms with Crippen LogP contribution in [0.25, 0.3) is 0 Å². The second-order valence-electron chi connectivity index (χ2n) is 4.96. The minimum atomic E-state index is 0.418. The van der Waals surface area contributed by atoms with E-state index in [2.05, 4.69) is 18.7 Å². The van der Waals surface area contributed by atoms with Crippen molar-refractivity contribution in [3.63, 3.8) is 0 Å². The molecule has 76 valence electrons. The fourth-order valence-corrected chi connectivity index (χ4v) is 2.58. The molecule has 1 heterocycles. The van der Waals surface area contributed by atoms with Gasteiger partial charge in [-0.1, -0.05) is 12.8 Å². The average molecular weight is 182 g/mol. The summed E-state index contributed by atoms with van der Waals surface area (Å²) >= 11 is 0. The Balaban J connectivity index is 1.84. The molecule has 2 rings (SSSR count). The molecule has 2 N–H and O–H groups in total. The van der Waals surface area contributed by atoms with Crippen molar-refractivity contribution in [3.8, 4) is 0 Å². The van der Waals surface area contributed by atoms with Gasteiger partial charge in [-0.15, -0.1) is 0 Å². The van der Waals surface area contributed by atoms with Gasteiger partial charge >= 0.3 is 0 Å². The van der Waals surface area contributed by atoms with Gasteiger partial charge < -0.3 is 5.73 Å². The largest absolute Gasteiger partial charge is 0.326 e. The van der Waals surface area contributed by atoms with Crippen molar-refractivity contribution in [2.75, 3.05) is 6.54 Å².